The predicted molar refractivity (Wildman–Crippen MR) is 77.4 cm³/mol. The maximum atomic E-state index is 12.7. The molecule has 1 atom stereocenters. The first-order valence-corrected chi connectivity index (χ1v) is 7.27. The molecule has 0 bridgehead atoms. The highest BCUT2D eigenvalue weighted by atomic mass is 16.5. The second-order valence-electron chi connectivity index (χ2n) is 6.31. The summed E-state index contributed by atoms with van der Waals surface area (Å²) in [6, 6.07) is 3.99. The Morgan fingerprint density at radius 1 is 1.38 bits per heavy atom. The largest absolute Gasteiger partial charge is 0.481 e. The molecule has 0 N–H and O–H groups in total. The normalized spacial score (nSPS) is 24.1. The van der Waals surface area contributed by atoms with Gasteiger partial charge in [-0.2, -0.15) is 0 Å². The summed E-state index contributed by atoms with van der Waals surface area (Å²) in [5.74, 6) is -0.0816. The van der Waals surface area contributed by atoms with Crippen LogP contribution in [0.4, 0.5) is 0 Å². The Hall–Kier alpha value is -2.04. The molecule has 1 amide bonds. The van der Waals surface area contributed by atoms with Crippen molar-refractivity contribution in [3.05, 3.63) is 35.9 Å². The van der Waals surface area contributed by atoms with Gasteiger partial charge in [0.2, 0.25) is 0 Å². The molecule has 2 aliphatic rings. The number of ether oxygens (including phenoxy) is 1. The van der Waals surface area contributed by atoms with Gasteiger partial charge >= 0.3 is 0 Å². The Morgan fingerprint density at radius 3 is 2.86 bits per heavy atom. The van der Waals surface area contributed by atoms with E-state index in [9.17, 15) is 9.59 Å². The summed E-state index contributed by atoms with van der Waals surface area (Å²) < 4.78 is 7.87. The Kier molecular flexibility index (Phi) is 3.15. The topological polar surface area (TPSA) is 51.5 Å². The number of amides is 1. The smallest absolute Gasteiger partial charge is 0.289 e. The van der Waals surface area contributed by atoms with Crippen LogP contribution in [0.1, 0.15) is 38.9 Å². The maximum Gasteiger partial charge on any atom is 0.289 e. The third-order valence-corrected chi connectivity index (χ3v) is 4.09. The van der Waals surface area contributed by atoms with Gasteiger partial charge in [0.1, 0.15) is 5.60 Å². The van der Waals surface area contributed by atoms with Crippen LogP contribution in [0.25, 0.3) is 0 Å². The summed E-state index contributed by atoms with van der Waals surface area (Å²) in [5.41, 5.74) is 0.493. The molecule has 3 heterocycles. The number of rotatable bonds is 1. The number of allylic oxidation sites excluding steroid dienone is 1. The van der Waals surface area contributed by atoms with Crippen LogP contribution in [0.3, 0.4) is 0 Å². The van der Waals surface area contributed by atoms with Gasteiger partial charge < -0.3 is 14.2 Å². The minimum absolute atomic E-state index is 0.0223. The minimum atomic E-state index is -0.615. The van der Waals surface area contributed by atoms with E-state index in [4.69, 9.17) is 4.74 Å². The van der Waals surface area contributed by atoms with Gasteiger partial charge in [0.05, 0.1) is 6.04 Å². The number of fused-ring (bicyclic) bond motifs is 1. The number of ketones is 1. The van der Waals surface area contributed by atoms with E-state index in [2.05, 4.69) is 4.57 Å². The van der Waals surface area contributed by atoms with Gasteiger partial charge in [-0.3, -0.25) is 9.59 Å². The van der Waals surface area contributed by atoms with Gasteiger partial charge in [-0.25, -0.2) is 0 Å². The van der Waals surface area contributed by atoms with Crippen molar-refractivity contribution in [3.63, 3.8) is 0 Å². The zero-order valence-corrected chi connectivity index (χ0v) is 12.6. The molecular formula is C16H20N2O3. The quantitative estimate of drug-likeness (QED) is 0.794. The van der Waals surface area contributed by atoms with Crippen LogP contribution in [-0.4, -0.2) is 33.3 Å². The molecule has 0 aliphatic carbocycles. The lowest BCUT2D eigenvalue weighted by Gasteiger charge is -2.37. The molecule has 21 heavy (non-hydrogen) atoms. The third-order valence-electron chi connectivity index (χ3n) is 4.09. The molecule has 1 aromatic heterocycles. The van der Waals surface area contributed by atoms with E-state index in [0.717, 1.165) is 12.2 Å². The summed E-state index contributed by atoms with van der Waals surface area (Å²) in [4.78, 5) is 26.3. The maximum absolute atomic E-state index is 12.7. The Bertz CT molecular complexity index is 627. The van der Waals surface area contributed by atoms with Crippen molar-refractivity contribution < 1.29 is 14.3 Å². The second-order valence-corrected chi connectivity index (χ2v) is 6.31. The van der Waals surface area contributed by atoms with Gasteiger partial charge in [-0.1, -0.05) is 0 Å². The van der Waals surface area contributed by atoms with Crippen LogP contribution in [0.5, 0.6) is 0 Å². The van der Waals surface area contributed by atoms with Crippen molar-refractivity contribution in [2.24, 2.45) is 0 Å². The van der Waals surface area contributed by atoms with E-state index in [-0.39, 0.29) is 23.5 Å². The van der Waals surface area contributed by atoms with E-state index in [0.29, 0.717) is 13.0 Å². The zero-order chi connectivity index (χ0) is 15.2. The standard InChI is InChI=1S/C16H20N2O3/c1-11-13-5-4-6-17(13)7-8-18(11)15(20)14-9-12(19)10-16(2,3)21-14/h4-6,9,11H,7-8,10H2,1-3H3. The number of carbonyl (C=O) groups is 2. The fourth-order valence-corrected chi connectivity index (χ4v) is 3.08. The SMILES string of the molecule is CC1c2cccn2CCN1C(=O)C1=CC(=O)CC(C)(C)O1. The van der Waals surface area contributed by atoms with E-state index in [1.165, 1.54) is 6.08 Å². The Labute approximate surface area is 124 Å². The molecule has 5 heteroatoms. The number of carbonyl (C=O) groups excluding carboxylic acids is 2. The van der Waals surface area contributed by atoms with Crippen LogP contribution < -0.4 is 0 Å². The van der Waals surface area contributed by atoms with Gasteiger partial charge in [0.15, 0.2) is 11.5 Å². The van der Waals surface area contributed by atoms with Crippen LogP contribution in [0.2, 0.25) is 0 Å². The van der Waals surface area contributed by atoms with E-state index in [1.54, 1.807) is 4.90 Å². The summed E-state index contributed by atoms with van der Waals surface area (Å²) in [7, 11) is 0. The van der Waals surface area contributed by atoms with Crippen molar-refractivity contribution in [1.82, 2.24) is 9.47 Å². The second kappa shape index (κ2) is 4.76. The first-order valence-electron chi connectivity index (χ1n) is 7.27. The first-order chi connectivity index (χ1) is 9.87. The summed E-state index contributed by atoms with van der Waals surface area (Å²) in [5, 5.41) is 0. The van der Waals surface area contributed by atoms with E-state index >= 15 is 0 Å². The molecule has 0 saturated heterocycles. The Morgan fingerprint density at radius 2 is 2.14 bits per heavy atom. The van der Waals surface area contributed by atoms with Gasteiger partial charge in [0.25, 0.3) is 5.91 Å². The summed E-state index contributed by atoms with van der Waals surface area (Å²) >= 11 is 0. The van der Waals surface area contributed by atoms with Crippen molar-refractivity contribution >= 4 is 11.7 Å². The molecule has 0 radical (unpaired) electrons. The average molecular weight is 288 g/mol. The molecular weight excluding hydrogens is 268 g/mol. The van der Waals surface area contributed by atoms with Crippen molar-refractivity contribution in [3.8, 4) is 0 Å². The molecule has 0 spiro atoms. The lowest BCUT2D eigenvalue weighted by molar-refractivity contribution is -0.140. The fraction of sp³-hybridized carbons (Fsp3) is 0.500. The van der Waals surface area contributed by atoms with Crippen molar-refractivity contribution in [2.75, 3.05) is 6.54 Å². The molecule has 1 unspecified atom stereocenters. The summed E-state index contributed by atoms with van der Waals surface area (Å²) in [6.45, 7) is 7.05. The lowest BCUT2D eigenvalue weighted by Crippen LogP contribution is -2.44. The Balaban J connectivity index is 1.85. The van der Waals surface area contributed by atoms with Gasteiger partial charge in [0, 0.05) is 37.5 Å². The van der Waals surface area contributed by atoms with Crippen molar-refractivity contribution in [2.45, 2.75) is 45.4 Å². The van der Waals surface area contributed by atoms with E-state index in [1.807, 2.05) is 39.1 Å². The molecule has 112 valence electrons. The molecule has 1 aromatic rings. The first kappa shape index (κ1) is 13.9. The molecule has 0 fully saturated rings. The monoisotopic (exact) mass is 288 g/mol. The fourth-order valence-electron chi connectivity index (χ4n) is 3.08. The lowest BCUT2D eigenvalue weighted by atomic mass is 9.98. The highest BCUT2D eigenvalue weighted by Gasteiger charge is 2.36. The van der Waals surface area contributed by atoms with Crippen LogP contribution in [0.15, 0.2) is 30.2 Å². The minimum Gasteiger partial charge on any atom is -0.481 e. The van der Waals surface area contributed by atoms with Gasteiger partial charge in [-0.15, -0.1) is 0 Å². The highest BCUT2D eigenvalue weighted by Crippen LogP contribution is 2.30. The van der Waals surface area contributed by atoms with Crippen LogP contribution in [-0.2, 0) is 20.9 Å². The van der Waals surface area contributed by atoms with Crippen LogP contribution >= 0.6 is 0 Å². The van der Waals surface area contributed by atoms with Crippen LogP contribution in [0, 0.1) is 0 Å². The van der Waals surface area contributed by atoms with Gasteiger partial charge in [-0.05, 0) is 32.9 Å². The predicted octanol–water partition coefficient (Wildman–Crippen LogP) is 2.04. The zero-order valence-electron chi connectivity index (χ0n) is 12.6. The van der Waals surface area contributed by atoms with E-state index < -0.39 is 5.60 Å². The number of nitrogens with zero attached hydrogens (tertiary/aromatic N) is 2. The number of aromatic nitrogens is 1. The van der Waals surface area contributed by atoms with Crippen molar-refractivity contribution in [1.29, 1.82) is 0 Å². The molecule has 5 nitrogen and oxygen atoms in total. The molecule has 2 aliphatic heterocycles. The third kappa shape index (κ3) is 2.48. The molecule has 0 saturated carbocycles. The average Bonchev–Trinajstić information content (AvgIpc) is 2.85. The summed E-state index contributed by atoms with van der Waals surface area (Å²) in [6.07, 6.45) is 3.67. The number of hydrogen-bond donors (Lipinski definition) is 0. The highest BCUT2D eigenvalue weighted by molar-refractivity contribution is 6.01. The number of hydrogen-bond acceptors (Lipinski definition) is 3. The molecule has 3 rings (SSSR count). The molecule has 0 aromatic carbocycles.